The van der Waals surface area contributed by atoms with Gasteiger partial charge < -0.3 is 15.4 Å². The maximum absolute atomic E-state index is 12.8. The summed E-state index contributed by atoms with van der Waals surface area (Å²) < 4.78 is 5.82. The van der Waals surface area contributed by atoms with Crippen LogP contribution in [0.5, 0.6) is 5.75 Å². The Labute approximate surface area is 130 Å². The molecule has 0 spiro atoms. The van der Waals surface area contributed by atoms with Crippen molar-refractivity contribution in [2.75, 3.05) is 6.54 Å². The van der Waals surface area contributed by atoms with Crippen LogP contribution >= 0.6 is 12.2 Å². The number of carbonyl (C=O) groups is 1. The standard InChI is InChI=1S/C16H20N2O2S/c17-15(21)10-18(12-6-2-3-7-12)16(19)14-9-11-5-1-4-8-13(11)20-14/h1,4-5,8,12,14H,2-3,6-7,9-10H2,(H2,17,21). The molecule has 1 fully saturated rings. The Bertz CT molecular complexity index is 530. The highest BCUT2D eigenvalue weighted by Crippen LogP contribution is 2.31. The van der Waals surface area contributed by atoms with E-state index in [1.807, 2.05) is 29.2 Å². The Morgan fingerprint density at radius 2 is 2.05 bits per heavy atom. The zero-order chi connectivity index (χ0) is 14.8. The van der Waals surface area contributed by atoms with E-state index in [1.165, 1.54) is 0 Å². The molecule has 5 heteroatoms. The lowest BCUT2D eigenvalue weighted by molar-refractivity contribution is -0.139. The molecule has 0 bridgehead atoms. The van der Waals surface area contributed by atoms with Gasteiger partial charge in [-0.2, -0.15) is 0 Å². The minimum atomic E-state index is -0.433. The van der Waals surface area contributed by atoms with E-state index in [0.29, 0.717) is 18.0 Å². The molecule has 1 aliphatic carbocycles. The molecule has 1 saturated carbocycles. The summed E-state index contributed by atoms with van der Waals surface area (Å²) in [6.45, 7) is 0.356. The van der Waals surface area contributed by atoms with Crippen LogP contribution in [-0.2, 0) is 11.2 Å². The molecule has 1 aromatic carbocycles. The number of nitrogens with zero attached hydrogens (tertiary/aromatic N) is 1. The third-order valence-electron chi connectivity index (χ3n) is 4.30. The molecule has 4 nitrogen and oxygen atoms in total. The molecule has 1 aliphatic heterocycles. The molecule has 0 aromatic heterocycles. The van der Waals surface area contributed by atoms with Gasteiger partial charge in [-0.1, -0.05) is 43.3 Å². The van der Waals surface area contributed by atoms with Crippen LogP contribution in [0.1, 0.15) is 31.2 Å². The molecule has 0 saturated heterocycles. The van der Waals surface area contributed by atoms with Crippen molar-refractivity contribution in [1.29, 1.82) is 0 Å². The Balaban J connectivity index is 1.74. The number of ether oxygens (including phenoxy) is 1. The summed E-state index contributed by atoms with van der Waals surface area (Å²) in [7, 11) is 0. The first-order valence-corrected chi connectivity index (χ1v) is 7.89. The molecule has 21 heavy (non-hydrogen) atoms. The second-order valence-corrected chi connectivity index (χ2v) is 6.31. The summed E-state index contributed by atoms with van der Waals surface area (Å²) in [6.07, 6.45) is 4.60. The molecular weight excluding hydrogens is 284 g/mol. The highest BCUT2D eigenvalue weighted by atomic mass is 32.1. The van der Waals surface area contributed by atoms with Crippen molar-refractivity contribution in [3.8, 4) is 5.75 Å². The highest BCUT2D eigenvalue weighted by Gasteiger charge is 2.36. The smallest absolute Gasteiger partial charge is 0.264 e. The molecule has 1 atom stereocenters. The molecule has 1 amide bonds. The van der Waals surface area contributed by atoms with Crippen LogP contribution < -0.4 is 10.5 Å². The molecule has 1 heterocycles. The number of benzene rings is 1. The molecule has 112 valence electrons. The normalized spacial score (nSPS) is 20.9. The van der Waals surface area contributed by atoms with Crippen molar-refractivity contribution >= 4 is 23.1 Å². The maximum Gasteiger partial charge on any atom is 0.264 e. The van der Waals surface area contributed by atoms with Crippen molar-refractivity contribution in [2.24, 2.45) is 5.73 Å². The number of fused-ring (bicyclic) bond motifs is 1. The van der Waals surface area contributed by atoms with Crippen LogP contribution in [0.2, 0.25) is 0 Å². The number of thiocarbonyl (C=S) groups is 1. The lowest BCUT2D eigenvalue weighted by atomic mass is 10.1. The number of hydrogen-bond donors (Lipinski definition) is 1. The van der Waals surface area contributed by atoms with E-state index in [2.05, 4.69) is 0 Å². The van der Waals surface area contributed by atoms with Gasteiger partial charge in [0.2, 0.25) is 0 Å². The number of para-hydroxylation sites is 1. The van der Waals surface area contributed by atoms with Gasteiger partial charge in [-0.05, 0) is 24.5 Å². The van der Waals surface area contributed by atoms with Crippen LogP contribution in [0.4, 0.5) is 0 Å². The van der Waals surface area contributed by atoms with E-state index in [4.69, 9.17) is 22.7 Å². The van der Waals surface area contributed by atoms with Crippen molar-refractivity contribution in [1.82, 2.24) is 4.90 Å². The van der Waals surface area contributed by atoms with E-state index in [-0.39, 0.29) is 11.9 Å². The van der Waals surface area contributed by atoms with E-state index in [0.717, 1.165) is 37.0 Å². The van der Waals surface area contributed by atoms with Crippen LogP contribution in [0.3, 0.4) is 0 Å². The molecule has 2 aliphatic rings. The minimum Gasteiger partial charge on any atom is -0.480 e. The van der Waals surface area contributed by atoms with Gasteiger partial charge in [-0.15, -0.1) is 0 Å². The number of hydrogen-bond acceptors (Lipinski definition) is 3. The SMILES string of the molecule is NC(=S)CN(C(=O)C1Cc2ccccc2O1)C1CCCC1. The van der Waals surface area contributed by atoms with Gasteiger partial charge in [-0.25, -0.2) is 0 Å². The summed E-state index contributed by atoms with van der Waals surface area (Å²) in [5.41, 5.74) is 6.77. The molecular formula is C16H20N2O2S. The van der Waals surface area contributed by atoms with Crippen LogP contribution in [0.25, 0.3) is 0 Å². The lowest BCUT2D eigenvalue weighted by Gasteiger charge is -2.30. The first kappa shape index (κ1) is 14.3. The molecule has 1 unspecified atom stereocenters. The first-order chi connectivity index (χ1) is 10.1. The molecule has 3 rings (SSSR count). The quantitative estimate of drug-likeness (QED) is 0.865. The van der Waals surface area contributed by atoms with E-state index >= 15 is 0 Å². The topological polar surface area (TPSA) is 55.6 Å². The fraction of sp³-hybridized carbons (Fsp3) is 0.500. The van der Waals surface area contributed by atoms with Crippen LogP contribution in [0, 0.1) is 0 Å². The van der Waals surface area contributed by atoms with Gasteiger partial charge in [0.05, 0.1) is 11.5 Å². The third kappa shape index (κ3) is 3.02. The summed E-state index contributed by atoms with van der Waals surface area (Å²) in [5.74, 6) is 0.837. The Morgan fingerprint density at radius 3 is 2.71 bits per heavy atom. The van der Waals surface area contributed by atoms with Gasteiger partial charge in [0.1, 0.15) is 5.75 Å². The van der Waals surface area contributed by atoms with Crippen molar-refractivity contribution in [2.45, 2.75) is 44.2 Å². The predicted molar refractivity (Wildman–Crippen MR) is 85.3 cm³/mol. The van der Waals surface area contributed by atoms with Gasteiger partial charge >= 0.3 is 0 Å². The largest absolute Gasteiger partial charge is 0.480 e. The molecule has 2 N–H and O–H groups in total. The molecule has 1 aromatic rings. The summed E-state index contributed by atoms with van der Waals surface area (Å²) in [4.78, 5) is 15.0. The monoisotopic (exact) mass is 304 g/mol. The van der Waals surface area contributed by atoms with Crippen molar-refractivity contribution in [3.05, 3.63) is 29.8 Å². The number of rotatable bonds is 4. The van der Waals surface area contributed by atoms with Crippen molar-refractivity contribution in [3.63, 3.8) is 0 Å². The predicted octanol–water partition coefficient (Wildman–Crippen LogP) is 2.05. The second kappa shape index (κ2) is 6.02. The maximum atomic E-state index is 12.8. The zero-order valence-corrected chi connectivity index (χ0v) is 12.8. The number of amides is 1. The highest BCUT2D eigenvalue weighted by molar-refractivity contribution is 7.80. The fourth-order valence-electron chi connectivity index (χ4n) is 3.28. The summed E-state index contributed by atoms with van der Waals surface area (Å²) in [6, 6.07) is 8.08. The average molecular weight is 304 g/mol. The Hall–Kier alpha value is -1.62. The zero-order valence-electron chi connectivity index (χ0n) is 12.0. The minimum absolute atomic E-state index is 0.0194. The number of nitrogens with two attached hydrogens (primary N) is 1. The van der Waals surface area contributed by atoms with Gasteiger partial charge in [0.25, 0.3) is 5.91 Å². The van der Waals surface area contributed by atoms with Gasteiger partial charge in [0, 0.05) is 12.5 Å². The van der Waals surface area contributed by atoms with E-state index < -0.39 is 6.10 Å². The first-order valence-electron chi connectivity index (χ1n) is 7.48. The van der Waals surface area contributed by atoms with Crippen LogP contribution in [-0.4, -0.2) is 34.5 Å². The van der Waals surface area contributed by atoms with Gasteiger partial charge in [-0.3, -0.25) is 4.79 Å². The van der Waals surface area contributed by atoms with Crippen molar-refractivity contribution < 1.29 is 9.53 Å². The summed E-state index contributed by atoms with van der Waals surface area (Å²) >= 11 is 5.01. The number of carbonyl (C=O) groups excluding carboxylic acids is 1. The van der Waals surface area contributed by atoms with E-state index in [1.54, 1.807) is 0 Å². The third-order valence-corrected chi connectivity index (χ3v) is 4.43. The van der Waals surface area contributed by atoms with E-state index in [9.17, 15) is 4.79 Å². The van der Waals surface area contributed by atoms with Crippen LogP contribution in [0.15, 0.2) is 24.3 Å². The summed E-state index contributed by atoms with van der Waals surface area (Å²) in [5, 5.41) is 0. The Kier molecular flexibility index (Phi) is 4.10. The fourth-order valence-corrected chi connectivity index (χ4v) is 3.41. The lowest BCUT2D eigenvalue weighted by Crippen LogP contribution is -2.49. The second-order valence-electron chi connectivity index (χ2n) is 5.79. The van der Waals surface area contributed by atoms with Gasteiger partial charge in [0.15, 0.2) is 6.10 Å². The average Bonchev–Trinajstić information content (AvgIpc) is 3.12. The Morgan fingerprint density at radius 1 is 1.33 bits per heavy atom. The molecule has 0 radical (unpaired) electrons.